The highest BCUT2D eigenvalue weighted by atomic mass is 19.1. The van der Waals surface area contributed by atoms with Crippen LogP contribution >= 0.6 is 0 Å². The Hall–Kier alpha value is -2.96. The first-order valence-electron chi connectivity index (χ1n) is 7.31. The van der Waals surface area contributed by atoms with Crippen molar-refractivity contribution in [2.24, 2.45) is 0 Å². The zero-order valence-corrected chi connectivity index (χ0v) is 13.2. The number of carbonyl (C=O) groups is 2. The molecular weight excluding hydrogens is 315 g/mol. The quantitative estimate of drug-likeness (QED) is 0.880. The molecule has 24 heavy (non-hydrogen) atoms. The Kier molecular flexibility index (Phi) is 5.13. The number of halogens is 1. The van der Waals surface area contributed by atoms with E-state index in [2.05, 4.69) is 5.32 Å². The Balaban J connectivity index is 2.27. The maximum absolute atomic E-state index is 13.2. The number of carboxylic acid groups (broad SMARTS) is 1. The monoisotopic (exact) mass is 332 g/mol. The molecule has 2 aromatic rings. The number of anilines is 1. The van der Waals surface area contributed by atoms with E-state index in [4.69, 9.17) is 5.11 Å². The molecule has 7 heteroatoms. The van der Waals surface area contributed by atoms with E-state index in [-0.39, 0.29) is 18.0 Å². The average Bonchev–Trinajstić information content (AvgIpc) is 2.50. The second-order valence-electron chi connectivity index (χ2n) is 5.62. The van der Waals surface area contributed by atoms with Gasteiger partial charge in [0, 0.05) is 18.0 Å². The van der Waals surface area contributed by atoms with E-state index in [1.54, 1.807) is 6.07 Å². The molecule has 0 aliphatic rings. The first-order chi connectivity index (χ1) is 11.3. The number of aromatic carboxylic acids is 1. The zero-order valence-electron chi connectivity index (χ0n) is 13.2. The number of nitrogens with zero attached hydrogens (tertiary/aromatic N) is 1. The van der Waals surface area contributed by atoms with Crippen LogP contribution in [0.3, 0.4) is 0 Å². The van der Waals surface area contributed by atoms with E-state index < -0.39 is 23.3 Å². The summed E-state index contributed by atoms with van der Waals surface area (Å²) in [4.78, 5) is 34.9. The smallest absolute Gasteiger partial charge is 0.335 e. The topological polar surface area (TPSA) is 88.4 Å². The summed E-state index contributed by atoms with van der Waals surface area (Å²) < 4.78 is 14.1. The predicted molar refractivity (Wildman–Crippen MR) is 86.8 cm³/mol. The third-order valence-corrected chi connectivity index (χ3v) is 3.46. The fourth-order valence-electron chi connectivity index (χ4n) is 2.27. The Morgan fingerprint density at radius 2 is 1.96 bits per heavy atom. The van der Waals surface area contributed by atoms with Crippen molar-refractivity contribution >= 4 is 17.6 Å². The number of nitrogens with one attached hydrogen (secondary N) is 1. The minimum absolute atomic E-state index is 0.0395. The molecule has 0 fully saturated rings. The molecule has 1 aromatic carbocycles. The first kappa shape index (κ1) is 17.4. The largest absolute Gasteiger partial charge is 0.478 e. The number of pyridine rings is 1. The van der Waals surface area contributed by atoms with Crippen molar-refractivity contribution in [3.63, 3.8) is 0 Å². The van der Waals surface area contributed by atoms with Gasteiger partial charge in [-0.15, -0.1) is 0 Å². The lowest BCUT2D eigenvalue weighted by molar-refractivity contribution is -0.116. The van der Waals surface area contributed by atoms with Crippen LogP contribution in [0.15, 0.2) is 41.3 Å². The van der Waals surface area contributed by atoms with Gasteiger partial charge in [-0.2, -0.15) is 0 Å². The second-order valence-corrected chi connectivity index (χ2v) is 5.62. The third-order valence-electron chi connectivity index (χ3n) is 3.46. The molecule has 0 unspecified atom stereocenters. The van der Waals surface area contributed by atoms with E-state index in [1.165, 1.54) is 12.1 Å². The van der Waals surface area contributed by atoms with Crippen molar-refractivity contribution in [2.45, 2.75) is 26.3 Å². The Morgan fingerprint density at radius 3 is 2.58 bits per heavy atom. The zero-order chi connectivity index (χ0) is 17.9. The number of amides is 1. The van der Waals surface area contributed by atoms with E-state index in [1.807, 2.05) is 13.8 Å². The maximum Gasteiger partial charge on any atom is 0.335 e. The lowest BCUT2D eigenvalue weighted by Crippen LogP contribution is -2.27. The van der Waals surface area contributed by atoms with Crippen LogP contribution in [-0.2, 0) is 11.3 Å². The molecule has 0 radical (unpaired) electrons. The Morgan fingerprint density at radius 1 is 1.25 bits per heavy atom. The van der Waals surface area contributed by atoms with Crippen LogP contribution in [0.5, 0.6) is 0 Å². The number of benzene rings is 1. The second kappa shape index (κ2) is 7.08. The fraction of sp³-hybridized carbons (Fsp3) is 0.235. The Bertz CT molecular complexity index is 843. The molecule has 2 rings (SSSR count). The normalized spacial score (nSPS) is 10.7. The van der Waals surface area contributed by atoms with Crippen molar-refractivity contribution in [1.82, 2.24) is 4.57 Å². The van der Waals surface area contributed by atoms with Crippen LogP contribution < -0.4 is 10.9 Å². The SMILES string of the molecule is CC(C)c1ccc(C(=O)O)cc1NC(=O)Cn1cc(F)ccc1=O. The van der Waals surface area contributed by atoms with Gasteiger partial charge in [0.25, 0.3) is 5.56 Å². The number of aromatic nitrogens is 1. The number of rotatable bonds is 5. The average molecular weight is 332 g/mol. The van der Waals surface area contributed by atoms with Gasteiger partial charge < -0.3 is 15.0 Å². The molecule has 0 saturated carbocycles. The molecule has 1 aromatic heterocycles. The summed E-state index contributed by atoms with van der Waals surface area (Å²) in [5.74, 6) is -2.23. The predicted octanol–water partition coefficient (Wildman–Crippen LogP) is 2.45. The van der Waals surface area contributed by atoms with Crippen molar-refractivity contribution in [3.8, 4) is 0 Å². The molecule has 2 N–H and O–H groups in total. The van der Waals surface area contributed by atoms with Gasteiger partial charge in [-0.3, -0.25) is 9.59 Å². The number of hydrogen-bond acceptors (Lipinski definition) is 3. The summed E-state index contributed by atoms with van der Waals surface area (Å²) in [5, 5.41) is 11.7. The van der Waals surface area contributed by atoms with E-state index in [0.29, 0.717) is 5.69 Å². The lowest BCUT2D eigenvalue weighted by Gasteiger charge is -2.15. The first-order valence-corrected chi connectivity index (χ1v) is 7.31. The summed E-state index contributed by atoms with van der Waals surface area (Å²) in [5.41, 5.74) is 0.659. The van der Waals surface area contributed by atoms with E-state index >= 15 is 0 Å². The number of hydrogen-bond donors (Lipinski definition) is 2. The van der Waals surface area contributed by atoms with Crippen LogP contribution in [0.25, 0.3) is 0 Å². The van der Waals surface area contributed by atoms with Gasteiger partial charge in [-0.25, -0.2) is 9.18 Å². The molecule has 6 nitrogen and oxygen atoms in total. The highest BCUT2D eigenvalue weighted by molar-refractivity contribution is 5.94. The molecule has 0 aliphatic carbocycles. The van der Waals surface area contributed by atoms with E-state index in [9.17, 15) is 18.8 Å². The molecule has 0 aliphatic heterocycles. The van der Waals surface area contributed by atoms with Crippen molar-refractivity contribution in [3.05, 3.63) is 63.8 Å². The van der Waals surface area contributed by atoms with Gasteiger partial charge in [0.1, 0.15) is 12.4 Å². The van der Waals surface area contributed by atoms with Crippen LogP contribution in [-0.4, -0.2) is 21.6 Å². The summed E-state index contributed by atoms with van der Waals surface area (Å²) in [6.45, 7) is 3.44. The van der Waals surface area contributed by atoms with Crippen LogP contribution in [0, 0.1) is 5.82 Å². The summed E-state index contributed by atoms with van der Waals surface area (Å²) in [6, 6.07) is 6.52. The van der Waals surface area contributed by atoms with Crippen molar-refractivity contribution in [1.29, 1.82) is 0 Å². The Labute approximate surface area is 137 Å². The van der Waals surface area contributed by atoms with Gasteiger partial charge in [0.2, 0.25) is 5.91 Å². The third kappa shape index (κ3) is 4.07. The van der Waals surface area contributed by atoms with Crippen LogP contribution in [0.2, 0.25) is 0 Å². The summed E-state index contributed by atoms with van der Waals surface area (Å²) >= 11 is 0. The van der Waals surface area contributed by atoms with Crippen LogP contribution in [0.1, 0.15) is 35.7 Å². The molecule has 0 bridgehead atoms. The molecule has 126 valence electrons. The minimum Gasteiger partial charge on any atom is -0.478 e. The number of carbonyl (C=O) groups excluding carboxylic acids is 1. The molecule has 0 atom stereocenters. The highest BCUT2D eigenvalue weighted by Crippen LogP contribution is 2.25. The molecular formula is C17H17FN2O4. The lowest BCUT2D eigenvalue weighted by atomic mass is 9.99. The van der Waals surface area contributed by atoms with Gasteiger partial charge in [0.05, 0.1) is 5.56 Å². The molecule has 0 spiro atoms. The van der Waals surface area contributed by atoms with Crippen molar-refractivity contribution in [2.75, 3.05) is 5.32 Å². The molecule has 0 saturated heterocycles. The maximum atomic E-state index is 13.2. The molecule has 1 heterocycles. The van der Waals surface area contributed by atoms with E-state index in [0.717, 1.165) is 28.5 Å². The van der Waals surface area contributed by atoms with Gasteiger partial charge in [-0.1, -0.05) is 19.9 Å². The van der Waals surface area contributed by atoms with Crippen LogP contribution in [0.4, 0.5) is 10.1 Å². The summed E-state index contributed by atoms with van der Waals surface area (Å²) in [7, 11) is 0. The van der Waals surface area contributed by atoms with Gasteiger partial charge in [-0.05, 0) is 29.7 Å². The highest BCUT2D eigenvalue weighted by Gasteiger charge is 2.14. The summed E-state index contributed by atoms with van der Waals surface area (Å²) in [6.07, 6.45) is 0.943. The van der Waals surface area contributed by atoms with Gasteiger partial charge in [0.15, 0.2) is 0 Å². The fourth-order valence-corrected chi connectivity index (χ4v) is 2.27. The van der Waals surface area contributed by atoms with Crippen molar-refractivity contribution < 1.29 is 19.1 Å². The van der Waals surface area contributed by atoms with Gasteiger partial charge >= 0.3 is 5.97 Å². The minimum atomic E-state index is -1.11. The molecule has 1 amide bonds. The standard InChI is InChI=1S/C17H17FN2O4/c1-10(2)13-5-3-11(17(23)24)7-14(13)19-15(21)9-20-8-12(18)4-6-16(20)22/h3-8,10H,9H2,1-2H3,(H,19,21)(H,23,24). The number of carboxylic acids is 1.